The molecule has 0 aromatic heterocycles. The van der Waals surface area contributed by atoms with E-state index >= 15 is 0 Å². The molecule has 0 saturated heterocycles. The lowest BCUT2D eigenvalue weighted by molar-refractivity contribution is -0.325. The van der Waals surface area contributed by atoms with Crippen molar-refractivity contribution >= 4 is 22.7 Å². The van der Waals surface area contributed by atoms with Gasteiger partial charge in [0.1, 0.15) is 0 Å². The Labute approximate surface area is 67.0 Å². The van der Waals surface area contributed by atoms with E-state index in [-0.39, 0.29) is 5.75 Å². The number of hydrogen-bond donors (Lipinski definition) is 2. The van der Waals surface area contributed by atoms with Crippen LogP contribution in [-0.2, 0) is 10.1 Å². The van der Waals surface area contributed by atoms with Gasteiger partial charge in [-0.1, -0.05) is 0 Å². The number of quaternary nitrogens is 1. The summed E-state index contributed by atoms with van der Waals surface area (Å²) in [6, 6.07) is 0. The average Bonchev–Trinajstić information content (AvgIpc) is 1.87. The van der Waals surface area contributed by atoms with Crippen LogP contribution in [0.2, 0.25) is 0 Å². The number of thiol groups is 1. The minimum Gasteiger partial charge on any atom is -0.748 e. The molecule has 0 unspecified atom stereocenters. The highest BCUT2D eigenvalue weighted by molar-refractivity contribution is 7.85. The van der Waals surface area contributed by atoms with Crippen molar-refractivity contribution in [2.24, 2.45) is 0 Å². The van der Waals surface area contributed by atoms with Crippen molar-refractivity contribution in [3.63, 3.8) is 0 Å². The smallest absolute Gasteiger partial charge is 0.0946 e. The van der Waals surface area contributed by atoms with Gasteiger partial charge in [-0.3, -0.25) is 0 Å². The lowest BCUT2D eigenvalue weighted by atomic mass is 10.6. The Hall–Kier alpha value is 0.220. The SMILES string of the molecule is C[NH3+].O=S(=O)([O-])CCCS. The van der Waals surface area contributed by atoms with Crippen molar-refractivity contribution in [1.82, 2.24) is 0 Å². The molecule has 0 aliphatic rings. The predicted molar refractivity (Wildman–Crippen MR) is 41.8 cm³/mol. The molecule has 4 nitrogen and oxygen atoms in total. The van der Waals surface area contributed by atoms with Crippen molar-refractivity contribution in [1.29, 1.82) is 0 Å². The van der Waals surface area contributed by atoms with Crippen molar-refractivity contribution in [2.75, 3.05) is 18.6 Å². The van der Waals surface area contributed by atoms with Crippen LogP contribution in [0.15, 0.2) is 0 Å². The first-order valence-corrected chi connectivity index (χ1v) is 5.02. The Morgan fingerprint density at radius 3 is 2.00 bits per heavy atom. The van der Waals surface area contributed by atoms with Crippen LogP contribution in [-0.4, -0.2) is 31.5 Å². The van der Waals surface area contributed by atoms with Crippen LogP contribution in [0.5, 0.6) is 0 Å². The topological polar surface area (TPSA) is 84.8 Å². The minimum absolute atomic E-state index is 0.295. The molecule has 0 aliphatic heterocycles. The molecular formula is C4H13NO3S2. The maximum atomic E-state index is 9.80. The Kier molecular flexibility index (Phi) is 9.42. The van der Waals surface area contributed by atoms with Crippen molar-refractivity contribution in [3.8, 4) is 0 Å². The molecule has 0 fully saturated rings. The van der Waals surface area contributed by atoms with Gasteiger partial charge in [0.05, 0.1) is 17.2 Å². The van der Waals surface area contributed by atoms with E-state index in [2.05, 4.69) is 18.4 Å². The summed E-state index contributed by atoms with van der Waals surface area (Å²) in [6.45, 7) is 0. The Bertz CT molecular complexity index is 143. The fourth-order valence-corrected chi connectivity index (χ4v) is 1.11. The molecule has 0 amide bonds. The lowest BCUT2D eigenvalue weighted by Crippen LogP contribution is -2.40. The average molecular weight is 187 g/mol. The van der Waals surface area contributed by atoms with Crippen molar-refractivity contribution < 1.29 is 18.7 Å². The van der Waals surface area contributed by atoms with Gasteiger partial charge in [0.15, 0.2) is 0 Å². The molecule has 0 aliphatic carbocycles. The van der Waals surface area contributed by atoms with Gasteiger partial charge in [0.2, 0.25) is 0 Å². The van der Waals surface area contributed by atoms with E-state index in [1.165, 1.54) is 0 Å². The van der Waals surface area contributed by atoms with Crippen molar-refractivity contribution in [3.05, 3.63) is 0 Å². The maximum absolute atomic E-state index is 9.80. The Morgan fingerprint density at radius 2 is 1.90 bits per heavy atom. The van der Waals surface area contributed by atoms with Crippen molar-refractivity contribution in [2.45, 2.75) is 6.42 Å². The molecule has 0 heterocycles. The van der Waals surface area contributed by atoms with E-state index in [0.717, 1.165) is 0 Å². The highest BCUT2D eigenvalue weighted by Crippen LogP contribution is 1.88. The summed E-state index contributed by atoms with van der Waals surface area (Å²) in [6.07, 6.45) is 0.342. The second kappa shape index (κ2) is 7.33. The van der Waals surface area contributed by atoms with E-state index in [9.17, 15) is 13.0 Å². The van der Waals surface area contributed by atoms with Crippen LogP contribution in [0.4, 0.5) is 0 Å². The van der Waals surface area contributed by atoms with Gasteiger partial charge >= 0.3 is 0 Å². The molecule has 6 heteroatoms. The van der Waals surface area contributed by atoms with Crippen LogP contribution < -0.4 is 5.73 Å². The summed E-state index contributed by atoms with van der Waals surface area (Å²) in [5, 5.41) is 0. The summed E-state index contributed by atoms with van der Waals surface area (Å²) in [5.74, 6) is 0.151. The largest absolute Gasteiger partial charge is 0.748 e. The summed E-state index contributed by atoms with van der Waals surface area (Å²) in [7, 11) is -2.24. The molecule has 10 heavy (non-hydrogen) atoms. The second-order valence-corrected chi connectivity index (χ2v) is 3.31. The van der Waals surface area contributed by atoms with Gasteiger partial charge in [-0.05, 0) is 12.2 Å². The highest BCUT2D eigenvalue weighted by Gasteiger charge is 1.90. The van der Waals surface area contributed by atoms with Gasteiger partial charge in [0.25, 0.3) is 0 Å². The maximum Gasteiger partial charge on any atom is 0.0946 e. The van der Waals surface area contributed by atoms with Crippen LogP contribution in [0.1, 0.15) is 6.42 Å². The van der Waals surface area contributed by atoms with Gasteiger partial charge in [0, 0.05) is 5.75 Å². The molecule has 0 aromatic carbocycles. The van der Waals surface area contributed by atoms with Gasteiger partial charge < -0.3 is 10.3 Å². The Morgan fingerprint density at radius 1 is 1.50 bits per heavy atom. The molecular weight excluding hydrogens is 174 g/mol. The van der Waals surface area contributed by atoms with Gasteiger partial charge in [-0.15, -0.1) is 0 Å². The second-order valence-electron chi connectivity index (χ2n) is 1.34. The molecule has 0 saturated carbocycles. The first-order valence-electron chi connectivity index (χ1n) is 2.81. The molecule has 3 N–H and O–H groups in total. The molecule has 0 rings (SSSR count). The summed E-state index contributed by atoms with van der Waals surface area (Å²) >= 11 is 3.73. The predicted octanol–water partition coefficient (Wildman–Crippen LogP) is -1.29. The van der Waals surface area contributed by atoms with E-state index in [1.807, 2.05) is 0 Å². The van der Waals surface area contributed by atoms with Crippen LogP contribution in [0, 0.1) is 0 Å². The Balaban J connectivity index is 0. The standard InChI is InChI=1S/C3H8O3S2.CH5N/c4-8(5,6)3-1-2-7;1-2/h7H,1-3H2,(H,4,5,6);2H2,1H3. The van der Waals surface area contributed by atoms with E-state index in [0.29, 0.717) is 12.2 Å². The van der Waals surface area contributed by atoms with Crippen LogP contribution in [0.3, 0.4) is 0 Å². The number of hydrogen-bond acceptors (Lipinski definition) is 4. The zero-order valence-corrected chi connectivity index (χ0v) is 7.62. The van der Waals surface area contributed by atoms with Gasteiger partial charge in [-0.25, -0.2) is 8.42 Å². The van der Waals surface area contributed by atoms with E-state index in [1.54, 1.807) is 7.05 Å². The zero-order chi connectivity index (χ0) is 8.62. The lowest BCUT2D eigenvalue weighted by Gasteiger charge is -2.02. The molecule has 0 atom stereocenters. The summed E-state index contributed by atoms with van der Waals surface area (Å²) in [5.41, 5.74) is 3.25. The third kappa shape index (κ3) is 15.7. The first-order chi connectivity index (χ1) is 4.56. The monoisotopic (exact) mass is 187 g/mol. The summed E-state index contributed by atoms with van der Waals surface area (Å²) < 4.78 is 29.4. The fraction of sp³-hybridized carbons (Fsp3) is 1.00. The molecule has 0 radical (unpaired) electrons. The van der Waals surface area contributed by atoms with E-state index in [4.69, 9.17) is 0 Å². The molecule has 0 bridgehead atoms. The molecule has 0 spiro atoms. The molecule has 64 valence electrons. The quantitative estimate of drug-likeness (QED) is 0.426. The van der Waals surface area contributed by atoms with E-state index < -0.39 is 10.1 Å². The zero-order valence-electron chi connectivity index (χ0n) is 5.91. The van der Waals surface area contributed by atoms with Crippen LogP contribution >= 0.6 is 12.6 Å². The van der Waals surface area contributed by atoms with Crippen LogP contribution in [0.25, 0.3) is 0 Å². The highest BCUT2D eigenvalue weighted by atomic mass is 32.2. The number of rotatable bonds is 3. The fourth-order valence-electron chi connectivity index (χ4n) is 0.241. The van der Waals surface area contributed by atoms with Gasteiger partial charge in [-0.2, -0.15) is 12.6 Å². The summed E-state index contributed by atoms with van der Waals surface area (Å²) in [4.78, 5) is 0. The molecule has 0 aromatic rings. The third-order valence-corrected chi connectivity index (χ3v) is 1.66. The normalized spacial score (nSPS) is 10.0. The first kappa shape index (κ1) is 12.9. The minimum atomic E-state index is -3.99. The third-order valence-electron chi connectivity index (χ3n) is 0.552.